The molecule has 3 rings (SSSR count). The molecule has 0 radical (unpaired) electrons. The Morgan fingerprint density at radius 1 is 1.14 bits per heavy atom. The summed E-state index contributed by atoms with van der Waals surface area (Å²) in [5.41, 5.74) is 5.27. The van der Waals surface area contributed by atoms with E-state index in [1.807, 2.05) is 24.3 Å². The molecule has 0 unspecified atom stereocenters. The first-order valence-corrected chi connectivity index (χ1v) is 7.64. The fourth-order valence-corrected chi connectivity index (χ4v) is 2.89. The molecule has 0 spiro atoms. The molecule has 2 aromatic carbocycles. The molecule has 0 saturated carbocycles. The van der Waals surface area contributed by atoms with E-state index in [2.05, 4.69) is 41.9 Å². The normalized spacial score (nSPS) is 14.2. The van der Waals surface area contributed by atoms with E-state index in [-0.39, 0.29) is 0 Å². The number of fused-ring (bicyclic) bond motifs is 1. The largest absolute Gasteiger partial charge is 0.288 e. The molecule has 2 aromatic rings. The lowest BCUT2D eigenvalue weighted by Gasteiger charge is -2.27. The van der Waals surface area contributed by atoms with Gasteiger partial charge in [-0.15, -0.1) is 0 Å². The second-order valence-electron chi connectivity index (χ2n) is 5.54. The van der Waals surface area contributed by atoms with Crippen LogP contribution in [0.2, 0.25) is 5.02 Å². The van der Waals surface area contributed by atoms with Crippen LogP contribution in [-0.2, 0) is 13.0 Å². The van der Waals surface area contributed by atoms with E-state index < -0.39 is 0 Å². The van der Waals surface area contributed by atoms with Gasteiger partial charge in [-0.25, -0.2) is 0 Å². The molecule has 21 heavy (non-hydrogen) atoms. The molecule has 0 saturated heterocycles. The highest BCUT2D eigenvalue weighted by Gasteiger charge is 2.14. The lowest BCUT2D eigenvalue weighted by molar-refractivity contribution is 0.286. The topological polar surface area (TPSA) is 3.24 Å². The zero-order chi connectivity index (χ0) is 14.7. The predicted octanol–water partition coefficient (Wildman–Crippen LogP) is 4.06. The average molecular weight is 296 g/mol. The number of hydrogen-bond acceptors (Lipinski definition) is 1. The number of aryl methyl sites for hydroxylation is 1. The van der Waals surface area contributed by atoms with Crippen molar-refractivity contribution in [1.29, 1.82) is 0 Å². The lowest BCUT2D eigenvalue weighted by atomic mass is 9.98. The quantitative estimate of drug-likeness (QED) is 0.717. The Kier molecular flexibility index (Phi) is 4.29. The standard InChI is InChI=1S/C19H18ClN/c1-15-7-8-18-14-21(11-9-17(18)12-15)10-3-5-16-4-2-6-19(20)13-16/h2,4,6-8,12-13H,9-11,14H2,1H3. The summed E-state index contributed by atoms with van der Waals surface area (Å²) in [5, 5.41) is 0.740. The van der Waals surface area contributed by atoms with Gasteiger partial charge in [-0.3, -0.25) is 4.90 Å². The number of rotatable bonds is 1. The smallest absolute Gasteiger partial charge is 0.0608 e. The lowest BCUT2D eigenvalue weighted by Crippen LogP contribution is -2.30. The first-order chi connectivity index (χ1) is 10.2. The molecule has 106 valence electrons. The zero-order valence-corrected chi connectivity index (χ0v) is 13.0. The fourth-order valence-electron chi connectivity index (χ4n) is 2.69. The van der Waals surface area contributed by atoms with Gasteiger partial charge in [0.1, 0.15) is 0 Å². The molecule has 2 heteroatoms. The Bertz CT molecular complexity index is 709. The van der Waals surface area contributed by atoms with E-state index in [9.17, 15) is 0 Å². The van der Waals surface area contributed by atoms with Gasteiger partial charge in [-0.2, -0.15) is 0 Å². The third-order valence-corrected chi connectivity index (χ3v) is 4.05. The van der Waals surface area contributed by atoms with E-state index in [0.29, 0.717) is 0 Å². The van der Waals surface area contributed by atoms with E-state index >= 15 is 0 Å². The van der Waals surface area contributed by atoms with Crippen LogP contribution in [0, 0.1) is 18.8 Å². The second kappa shape index (κ2) is 6.35. The maximum atomic E-state index is 5.96. The van der Waals surface area contributed by atoms with Crippen molar-refractivity contribution in [3.63, 3.8) is 0 Å². The Balaban J connectivity index is 1.64. The second-order valence-corrected chi connectivity index (χ2v) is 5.98. The Labute approximate surface area is 131 Å². The van der Waals surface area contributed by atoms with E-state index in [1.54, 1.807) is 0 Å². The molecule has 1 nitrogen and oxygen atoms in total. The van der Waals surface area contributed by atoms with Gasteiger partial charge in [0.2, 0.25) is 0 Å². The summed E-state index contributed by atoms with van der Waals surface area (Å²) in [6, 6.07) is 14.5. The van der Waals surface area contributed by atoms with Crippen LogP contribution < -0.4 is 0 Å². The summed E-state index contributed by atoms with van der Waals surface area (Å²) in [4.78, 5) is 2.40. The summed E-state index contributed by atoms with van der Waals surface area (Å²) in [6.45, 7) is 5.05. The zero-order valence-electron chi connectivity index (χ0n) is 12.2. The third kappa shape index (κ3) is 3.67. The number of benzene rings is 2. The SMILES string of the molecule is Cc1ccc2c(c1)CCN(CC#Cc1cccc(Cl)c1)C2. The first kappa shape index (κ1) is 14.2. The molecule has 0 fully saturated rings. The molecule has 0 amide bonds. The molecule has 1 aliphatic rings. The predicted molar refractivity (Wildman–Crippen MR) is 88.5 cm³/mol. The third-order valence-electron chi connectivity index (χ3n) is 3.81. The molecule has 1 aliphatic heterocycles. The Morgan fingerprint density at radius 3 is 2.90 bits per heavy atom. The van der Waals surface area contributed by atoms with Crippen LogP contribution in [0.5, 0.6) is 0 Å². The number of halogens is 1. The summed E-state index contributed by atoms with van der Waals surface area (Å²) in [6.07, 6.45) is 1.12. The Morgan fingerprint density at radius 2 is 2.05 bits per heavy atom. The van der Waals surface area contributed by atoms with Crippen LogP contribution in [0.4, 0.5) is 0 Å². The minimum absolute atomic E-state index is 0.740. The van der Waals surface area contributed by atoms with Crippen molar-refractivity contribution >= 4 is 11.6 Å². The van der Waals surface area contributed by atoms with Crippen molar-refractivity contribution in [2.45, 2.75) is 19.9 Å². The van der Waals surface area contributed by atoms with Gasteiger partial charge in [0.05, 0.1) is 6.54 Å². The van der Waals surface area contributed by atoms with Gasteiger partial charge in [0, 0.05) is 23.7 Å². The van der Waals surface area contributed by atoms with Crippen LogP contribution in [0.1, 0.15) is 22.3 Å². The van der Waals surface area contributed by atoms with Crippen LogP contribution in [0.15, 0.2) is 42.5 Å². The van der Waals surface area contributed by atoms with Crippen LogP contribution in [-0.4, -0.2) is 18.0 Å². The number of nitrogens with zero attached hydrogens (tertiary/aromatic N) is 1. The molecular weight excluding hydrogens is 278 g/mol. The van der Waals surface area contributed by atoms with Crippen molar-refractivity contribution in [1.82, 2.24) is 4.90 Å². The maximum absolute atomic E-state index is 5.96. The van der Waals surface area contributed by atoms with Crippen LogP contribution >= 0.6 is 11.6 Å². The molecule has 0 atom stereocenters. The fraction of sp³-hybridized carbons (Fsp3) is 0.263. The Hall–Kier alpha value is -1.75. The minimum atomic E-state index is 0.740. The van der Waals surface area contributed by atoms with Crippen LogP contribution in [0.25, 0.3) is 0 Å². The molecule has 0 N–H and O–H groups in total. The minimum Gasteiger partial charge on any atom is -0.288 e. The molecule has 0 aliphatic carbocycles. The van der Waals surface area contributed by atoms with Crippen LogP contribution in [0.3, 0.4) is 0 Å². The maximum Gasteiger partial charge on any atom is 0.0608 e. The molecular formula is C19H18ClN. The van der Waals surface area contributed by atoms with Gasteiger partial charge in [0.15, 0.2) is 0 Å². The highest BCUT2D eigenvalue weighted by Crippen LogP contribution is 2.19. The van der Waals surface area contributed by atoms with Crippen molar-refractivity contribution in [2.24, 2.45) is 0 Å². The van der Waals surface area contributed by atoms with Crippen molar-refractivity contribution < 1.29 is 0 Å². The first-order valence-electron chi connectivity index (χ1n) is 7.26. The number of hydrogen-bond donors (Lipinski definition) is 0. The van der Waals surface area contributed by atoms with Crippen molar-refractivity contribution in [3.05, 3.63) is 69.7 Å². The van der Waals surface area contributed by atoms with Crippen molar-refractivity contribution in [3.8, 4) is 11.8 Å². The van der Waals surface area contributed by atoms with E-state index in [4.69, 9.17) is 11.6 Å². The van der Waals surface area contributed by atoms with Gasteiger partial charge < -0.3 is 0 Å². The molecule has 0 aromatic heterocycles. The van der Waals surface area contributed by atoms with Gasteiger partial charge in [0.25, 0.3) is 0 Å². The highest BCUT2D eigenvalue weighted by atomic mass is 35.5. The van der Waals surface area contributed by atoms with Gasteiger partial charge in [-0.05, 0) is 42.7 Å². The molecule has 1 heterocycles. The van der Waals surface area contributed by atoms with E-state index in [1.165, 1.54) is 16.7 Å². The summed E-state index contributed by atoms with van der Waals surface area (Å²) in [5.74, 6) is 6.45. The highest BCUT2D eigenvalue weighted by molar-refractivity contribution is 6.30. The van der Waals surface area contributed by atoms with Gasteiger partial charge in [-0.1, -0.05) is 53.3 Å². The summed E-state index contributed by atoms with van der Waals surface area (Å²) < 4.78 is 0. The summed E-state index contributed by atoms with van der Waals surface area (Å²) >= 11 is 5.96. The van der Waals surface area contributed by atoms with Gasteiger partial charge >= 0.3 is 0 Å². The molecule has 0 bridgehead atoms. The summed E-state index contributed by atoms with van der Waals surface area (Å²) in [7, 11) is 0. The monoisotopic (exact) mass is 295 g/mol. The van der Waals surface area contributed by atoms with E-state index in [0.717, 1.165) is 36.6 Å². The average Bonchev–Trinajstić information content (AvgIpc) is 2.47. The van der Waals surface area contributed by atoms with Crippen molar-refractivity contribution in [2.75, 3.05) is 13.1 Å².